The SMILES string of the molecule is CCC(C)(C)C(=O)OCCCCCCN1C(=O)C(C)=C(C)C1=O.CCC(C)C(=O)NC(C)C. The summed E-state index contributed by atoms with van der Waals surface area (Å²) in [6.45, 7) is 17.9. The van der Waals surface area contributed by atoms with E-state index in [0.29, 0.717) is 24.3 Å². The minimum Gasteiger partial charge on any atom is -0.465 e. The highest BCUT2D eigenvalue weighted by Crippen LogP contribution is 2.22. The maximum absolute atomic E-state index is 11.9. The molecule has 7 nitrogen and oxygen atoms in total. The van der Waals surface area contributed by atoms with E-state index in [4.69, 9.17) is 4.74 Å². The quantitative estimate of drug-likeness (QED) is 0.254. The van der Waals surface area contributed by atoms with Gasteiger partial charge in [0.05, 0.1) is 12.0 Å². The smallest absolute Gasteiger partial charge is 0.311 e. The minimum atomic E-state index is -0.417. The number of amides is 3. The number of rotatable bonds is 12. The summed E-state index contributed by atoms with van der Waals surface area (Å²) in [5, 5.41) is 2.85. The van der Waals surface area contributed by atoms with Gasteiger partial charge in [-0.3, -0.25) is 24.1 Å². The molecule has 1 aliphatic heterocycles. The van der Waals surface area contributed by atoms with Crippen LogP contribution in [0, 0.1) is 11.3 Å². The van der Waals surface area contributed by atoms with Crippen LogP contribution < -0.4 is 5.32 Å². The van der Waals surface area contributed by atoms with Gasteiger partial charge in [0.2, 0.25) is 5.91 Å². The van der Waals surface area contributed by atoms with Gasteiger partial charge < -0.3 is 10.1 Å². The number of hydrogen-bond acceptors (Lipinski definition) is 5. The molecular weight excluding hydrogens is 420 g/mol. The molecule has 1 unspecified atom stereocenters. The molecule has 1 N–H and O–H groups in total. The number of ether oxygens (including phenoxy) is 1. The molecule has 1 rings (SSSR count). The second-order valence-electron chi connectivity index (χ2n) is 9.77. The first-order valence-electron chi connectivity index (χ1n) is 12.3. The van der Waals surface area contributed by atoms with Crippen molar-refractivity contribution in [3.63, 3.8) is 0 Å². The lowest BCUT2D eigenvalue weighted by molar-refractivity contribution is -0.154. The Bertz CT molecular complexity index is 685. The largest absolute Gasteiger partial charge is 0.465 e. The first-order valence-corrected chi connectivity index (χ1v) is 12.3. The van der Waals surface area contributed by atoms with E-state index in [1.165, 1.54) is 4.90 Å². The molecule has 1 atom stereocenters. The third kappa shape index (κ3) is 10.5. The van der Waals surface area contributed by atoms with E-state index in [9.17, 15) is 19.2 Å². The number of nitrogens with one attached hydrogen (secondary N) is 1. The van der Waals surface area contributed by atoms with Gasteiger partial charge in [0.15, 0.2) is 0 Å². The molecule has 0 saturated carbocycles. The lowest BCUT2D eigenvalue weighted by atomic mass is 9.91. The van der Waals surface area contributed by atoms with Crippen molar-refractivity contribution < 1.29 is 23.9 Å². The van der Waals surface area contributed by atoms with Crippen LogP contribution in [0.3, 0.4) is 0 Å². The molecule has 3 amide bonds. The van der Waals surface area contributed by atoms with Crippen LogP contribution in [0.1, 0.15) is 101 Å². The van der Waals surface area contributed by atoms with Gasteiger partial charge in [-0.15, -0.1) is 0 Å². The van der Waals surface area contributed by atoms with E-state index < -0.39 is 5.41 Å². The second kappa shape index (κ2) is 14.9. The van der Waals surface area contributed by atoms with E-state index in [-0.39, 0.29) is 35.7 Å². The Kier molecular flexibility index (Phi) is 13.9. The summed E-state index contributed by atoms with van der Waals surface area (Å²) < 4.78 is 5.28. The van der Waals surface area contributed by atoms with Crippen LogP contribution in [-0.4, -0.2) is 47.8 Å². The number of unbranched alkanes of at least 4 members (excludes halogenated alkanes) is 3. The predicted molar refractivity (Wildman–Crippen MR) is 131 cm³/mol. The second-order valence-corrected chi connectivity index (χ2v) is 9.77. The fraction of sp³-hybridized carbons (Fsp3) is 0.769. The Morgan fingerprint density at radius 1 is 0.939 bits per heavy atom. The van der Waals surface area contributed by atoms with Gasteiger partial charge in [-0.25, -0.2) is 0 Å². The molecule has 0 spiro atoms. The summed E-state index contributed by atoms with van der Waals surface area (Å²) in [5.41, 5.74) is 0.694. The number of carbonyl (C=O) groups excluding carboxylic acids is 4. The van der Waals surface area contributed by atoms with Crippen LogP contribution >= 0.6 is 0 Å². The molecular formula is C26H46N2O5. The molecule has 0 bridgehead atoms. The molecule has 0 aromatic rings. The number of hydrogen-bond donors (Lipinski definition) is 1. The fourth-order valence-electron chi connectivity index (χ4n) is 2.86. The maximum Gasteiger partial charge on any atom is 0.311 e. The lowest BCUT2D eigenvalue weighted by Crippen LogP contribution is -2.34. The lowest BCUT2D eigenvalue weighted by Gasteiger charge is -2.20. The van der Waals surface area contributed by atoms with Crippen molar-refractivity contribution in [1.29, 1.82) is 0 Å². The standard InChI is InChI=1S/C18H29NO4.C8H17NO/c1-6-18(4,5)17(22)23-12-10-8-7-9-11-19-15(20)13(2)14(3)16(19)21;1-5-7(4)8(10)9-6(2)3/h6-12H2,1-5H3;6-7H,5H2,1-4H3,(H,9,10). The normalized spacial score (nSPS) is 14.9. The zero-order chi connectivity index (χ0) is 25.8. The number of carbonyl (C=O) groups is 4. The monoisotopic (exact) mass is 466 g/mol. The van der Waals surface area contributed by atoms with E-state index >= 15 is 0 Å². The van der Waals surface area contributed by atoms with Gasteiger partial charge in [0.1, 0.15) is 0 Å². The Balaban J connectivity index is 0.000000861. The third-order valence-electron chi connectivity index (χ3n) is 6.13. The molecule has 0 aliphatic carbocycles. The van der Waals surface area contributed by atoms with E-state index in [1.807, 2.05) is 48.5 Å². The molecule has 1 aliphatic rings. The van der Waals surface area contributed by atoms with Crippen molar-refractivity contribution in [2.24, 2.45) is 11.3 Å². The molecule has 1 heterocycles. The Hall–Kier alpha value is -2.18. The minimum absolute atomic E-state index is 0.148. The Labute approximate surface area is 200 Å². The van der Waals surface area contributed by atoms with Gasteiger partial charge in [-0.1, -0.05) is 27.2 Å². The number of esters is 1. The average molecular weight is 467 g/mol. The zero-order valence-corrected chi connectivity index (χ0v) is 22.3. The van der Waals surface area contributed by atoms with Gasteiger partial charge in [-0.05, 0) is 73.6 Å². The molecule has 190 valence electrons. The third-order valence-corrected chi connectivity index (χ3v) is 6.13. The molecule has 0 fully saturated rings. The predicted octanol–water partition coefficient (Wildman–Crippen LogP) is 4.79. The van der Waals surface area contributed by atoms with Crippen LogP contribution in [0.25, 0.3) is 0 Å². The topological polar surface area (TPSA) is 92.8 Å². The van der Waals surface area contributed by atoms with Gasteiger partial charge in [-0.2, -0.15) is 0 Å². The highest BCUT2D eigenvalue weighted by molar-refractivity contribution is 6.18. The van der Waals surface area contributed by atoms with E-state index in [1.54, 1.807) is 13.8 Å². The van der Waals surface area contributed by atoms with Crippen LogP contribution in [-0.2, 0) is 23.9 Å². The summed E-state index contributed by atoms with van der Waals surface area (Å²) >= 11 is 0. The maximum atomic E-state index is 11.9. The summed E-state index contributed by atoms with van der Waals surface area (Å²) in [6, 6.07) is 0.265. The van der Waals surface area contributed by atoms with Gasteiger partial charge >= 0.3 is 5.97 Å². The average Bonchev–Trinajstić information content (AvgIpc) is 2.95. The summed E-state index contributed by atoms with van der Waals surface area (Å²) in [7, 11) is 0. The van der Waals surface area contributed by atoms with Gasteiger partial charge in [0, 0.05) is 29.7 Å². The van der Waals surface area contributed by atoms with Crippen molar-refractivity contribution in [3.8, 4) is 0 Å². The first kappa shape index (κ1) is 30.8. The van der Waals surface area contributed by atoms with Crippen LogP contribution in [0.4, 0.5) is 0 Å². The fourth-order valence-corrected chi connectivity index (χ4v) is 2.86. The van der Waals surface area contributed by atoms with Crippen molar-refractivity contribution in [3.05, 3.63) is 11.1 Å². The van der Waals surface area contributed by atoms with Crippen molar-refractivity contribution in [1.82, 2.24) is 10.2 Å². The zero-order valence-electron chi connectivity index (χ0n) is 22.3. The molecule has 0 aromatic carbocycles. The van der Waals surface area contributed by atoms with Crippen molar-refractivity contribution >= 4 is 23.7 Å². The van der Waals surface area contributed by atoms with Gasteiger partial charge in [0.25, 0.3) is 11.8 Å². The number of nitrogens with zero attached hydrogens (tertiary/aromatic N) is 1. The molecule has 33 heavy (non-hydrogen) atoms. The molecule has 0 radical (unpaired) electrons. The Morgan fingerprint density at radius 3 is 1.91 bits per heavy atom. The Morgan fingerprint density at radius 2 is 1.45 bits per heavy atom. The van der Waals surface area contributed by atoms with E-state index in [0.717, 1.165) is 38.5 Å². The molecule has 0 aromatic heterocycles. The molecule has 0 saturated heterocycles. The van der Waals surface area contributed by atoms with Crippen molar-refractivity contribution in [2.75, 3.05) is 13.2 Å². The summed E-state index contributed by atoms with van der Waals surface area (Å²) in [5.74, 6) is -0.156. The van der Waals surface area contributed by atoms with Crippen LogP contribution in [0.2, 0.25) is 0 Å². The van der Waals surface area contributed by atoms with Crippen LogP contribution in [0.15, 0.2) is 11.1 Å². The number of imide groups is 1. The van der Waals surface area contributed by atoms with Crippen molar-refractivity contribution in [2.45, 2.75) is 107 Å². The van der Waals surface area contributed by atoms with E-state index in [2.05, 4.69) is 5.32 Å². The highest BCUT2D eigenvalue weighted by atomic mass is 16.5. The van der Waals surface area contributed by atoms with Crippen LogP contribution in [0.5, 0.6) is 0 Å². The molecule has 7 heteroatoms. The summed E-state index contributed by atoms with van der Waals surface area (Å²) in [6.07, 6.45) is 5.09. The summed E-state index contributed by atoms with van der Waals surface area (Å²) in [4.78, 5) is 47.9. The first-order chi connectivity index (χ1) is 15.3. The highest BCUT2D eigenvalue weighted by Gasteiger charge is 2.32.